The van der Waals surface area contributed by atoms with Crippen molar-refractivity contribution >= 4 is 23.9 Å². The van der Waals surface area contributed by atoms with Gasteiger partial charge in [0, 0.05) is 30.0 Å². The molecule has 5 N–H and O–H groups in total. The second-order valence-corrected chi connectivity index (χ2v) is 7.34. The van der Waals surface area contributed by atoms with Gasteiger partial charge >= 0.3 is 0 Å². The van der Waals surface area contributed by atoms with Crippen molar-refractivity contribution in [3.05, 3.63) is 40.6 Å². The Morgan fingerprint density at radius 1 is 1.33 bits per heavy atom. The summed E-state index contributed by atoms with van der Waals surface area (Å²) in [7, 11) is 0. The zero-order valence-corrected chi connectivity index (χ0v) is 15.6. The zero-order chi connectivity index (χ0) is 18.8. The Labute approximate surface area is 158 Å². The first-order valence-electron chi connectivity index (χ1n) is 9.64. The number of hydrogen-bond acceptors (Lipinski definition) is 5. The molecule has 3 aliphatic rings. The van der Waals surface area contributed by atoms with E-state index in [4.69, 9.17) is 5.73 Å². The number of rotatable bonds is 5. The highest BCUT2D eigenvalue weighted by Gasteiger charge is 2.30. The van der Waals surface area contributed by atoms with Crippen LogP contribution in [0.25, 0.3) is 6.08 Å². The molecule has 3 heterocycles. The number of carbonyl (C=O) groups excluding carboxylic acids is 1. The Morgan fingerprint density at radius 3 is 2.85 bits per heavy atom. The third-order valence-electron chi connectivity index (χ3n) is 5.61. The molecule has 0 spiro atoms. The first-order valence-corrected chi connectivity index (χ1v) is 9.64. The van der Waals surface area contributed by atoms with Crippen LogP contribution in [-0.2, 0) is 11.2 Å². The lowest BCUT2D eigenvalue weighted by atomic mass is 9.90. The maximum atomic E-state index is 12.1. The Balaban J connectivity index is 1.75. The molecule has 1 unspecified atom stereocenters. The summed E-state index contributed by atoms with van der Waals surface area (Å²) in [5.41, 5.74) is 14.9. The largest absolute Gasteiger partial charge is 0.359 e. The minimum atomic E-state index is -0.469. The van der Waals surface area contributed by atoms with E-state index in [-0.39, 0.29) is 5.91 Å². The standard InChI is InChI=1S/C20H26N6O/c1-12-14(6-7-21)18(13-4-2-3-5-13)16(25-12)10-17-19(23-9-8-22-17)15-11-24-26-20(15)27/h8-11,13,15,22,25H,2-7,21H2,1H3,(H,26,27). The van der Waals surface area contributed by atoms with Gasteiger partial charge in [-0.2, -0.15) is 5.10 Å². The number of nitrogens with one attached hydrogen (secondary N) is 3. The average Bonchev–Trinajstić information content (AvgIpc) is 3.38. The summed E-state index contributed by atoms with van der Waals surface area (Å²) in [4.78, 5) is 20.1. The Bertz CT molecular complexity index is 854. The second-order valence-electron chi connectivity index (χ2n) is 7.34. The van der Waals surface area contributed by atoms with E-state index in [0.29, 0.717) is 18.2 Å². The number of carbonyl (C=O) groups is 1. The number of amides is 1. The van der Waals surface area contributed by atoms with E-state index in [1.54, 1.807) is 18.6 Å². The summed E-state index contributed by atoms with van der Waals surface area (Å²) < 4.78 is 0. The number of aryl methyl sites for hydroxylation is 1. The van der Waals surface area contributed by atoms with Crippen LogP contribution in [0.2, 0.25) is 0 Å². The van der Waals surface area contributed by atoms with Gasteiger partial charge in [0.1, 0.15) is 5.92 Å². The molecule has 1 aliphatic carbocycles. The van der Waals surface area contributed by atoms with Crippen molar-refractivity contribution in [1.82, 2.24) is 15.7 Å². The van der Waals surface area contributed by atoms with Gasteiger partial charge in [0.05, 0.1) is 11.4 Å². The fourth-order valence-electron chi connectivity index (χ4n) is 4.37. The van der Waals surface area contributed by atoms with E-state index in [1.165, 1.54) is 42.5 Å². The molecule has 1 aromatic rings. The SMILES string of the molecule is Cc1[nH]c(C=C2NC=CN=C2C2C=NNC2=O)c(C2CCCC2)c1CCN. The molecule has 4 rings (SSSR count). The molecule has 1 atom stereocenters. The quantitative estimate of drug-likeness (QED) is 0.641. The summed E-state index contributed by atoms with van der Waals surface area (Å²) in [6.45, 7) is 2.76. The highest BCUT2D eigenvalue weighted by atomic mass is 16.2. The van der Waals surface area contributed by atoms with Crippen molar-refractivity contribution in [3.8, 4) is 0 Å². The highest BCUT2D eigenvalue weighted by molar-refractivity contribution is 6.24. The number of aromatic nitrogens is 1. The van der Waals surface area contributed by atoms with Gasteiger partial charge in [-0.25, -0.2) is 5.43 Å². The van der Waals surface area contributed by atoms with Crippen LogP contribution in [0.15, 0.2) is 28.2 Å². The van der Waals surface area contributed by atoms with Crippen LogP contribution in [0.4, 0.5) is 0 Å². The van der Waals surface area contributed by atoms with Crippen molar-refractivity contribution in [2.24, 2.45) is 21.7 Å². The molecular weight excluding hydrogens is 340 g/mol. The molecule has 142 valence electrons. The first-order chi connectivity index (χ1) is 13.2. The van der Waals surface area contributed by atoms with Gasteiger partial charge in [0.2, 0.25) is 0 Å². The predicted octanol–water partition coefficient (Wildman–Crippen LogP) is 2.07. The van der Waals surface area contributed by atoms with Crippen LogP contribution >= 0.6 is 0 Å². The third-order valence-corrected chi connectivity index (χ3v) is 5.61. The van der Waals surface area contributed by atoms with Crippen LogP contribution in [-0.4, -0.2) is 29.4 Å². The lowest BCUT2D eigenvalue weighted by Gasteiger charge is -2.18. The zero-order valence-electron chi connectivity index (χ0n) is 15.6. The Hall–Kier alpha value is -2.67. The van der Waals surface area contributed by atoms with E-state index in [1.807, 2.05) is 0 Å². The number of aliphatic imine (C=N–C) groups is 1. The van der Waals surface area contributed by atoms with E-state index in [0.717, 1.165) is 17.8 Å². The highest BCUT2D eigenvalue weighted by Crippen LogP contribution is 2.39. The lowest BCUT2D eigenvalue weighted by Crippen LogP contribution is -2.32. The van der Waals surface area contributed by atoms with Crippen molar-refractivity contribution in [1.29, 1.82) is 0 Å². The molecule has 0 aromatic carbocycles. The molecule has 7 heteroatoms. The molecule has 7 nitrogen and oxygen atoms in total. The van der Waals surface area contributed by atoms with Gasteiger partial charge in [-0.05, 0) is 55.9 Å². The molecule has 0 saturated heterocycles. The summed E-state index contributed by atoms with van der Waals surface area (Å²) in [5, 5.41) is 7.14. The summed E-state index contributed by atoms with van der Waals surface area (Å²) in [6.07, 6.45) is 13.0. The number of nitrogens with zero attached hydrogens (tertiary/aromatic N) is 2. The molecule has 0 radical (unpaired) electrons. The molecule has 1 amide bonds. The molecule has 27 heavy (non-hydrogen) atoms. The number of hydrogen-bond donors (Lipinski definition) is 4. The Kier molecular flexibility index (Phi) is 4.94. The van der Waals surface area contributed by atoms with Crippen molar-refractivity contribution in [2.75, 3.05) is 6.54 Å². The van der Waals surface area contributed by atoms with Crippen LogP contribution in [0.5, 0.6) is 0 Å². The van der Waals surface area contributed by atoms with Gasteiger partial charge in [-0.15, -0.1) is 0 Å². The minimum Gasteiger partial charge on any atom is -0.359 e. The molecule has 1 aromatic heterocycles. The van der Waals surface area contributed by atoms with E-state index < -0.39 is 5.92 Å². The molecule has 2 aliphatic heterocycles. The molecule has 1 saturated carbocycles. The fraction of sp³-hybridized carbons (Fsp3) is 0.450. The number of nitrogens with two attached hydrogens (primary N) is 1. The molecule has 1 fully saturated rings. The van der Waals surface area contributed by atoms with Gasteiger partial charge in [0.25, 0.3) is 5.91 Å². The Morgan fingerprint density at radius 2 is 2.15 bits per heavy atom. The van der Waals surface area contributed by atoms with Gasteiger partial charge < -0.3 is 16.0 Å². The van der Waals surface area contributed by atoms with E-state index in [2.05, 4.69) is 38.8 Å². The number of aromatic amines is 1. The number of H-pyrrole nitrogens is 1. The van der Waals surface area contributed by atoms with Crippen LogP contribution < -0.4 is 16.5 Å². The van der Waals surface area contributed by atoms with Crippen molar-refractivity contribution in [2.45, 2.75) is 44.9 Å². The molecule has 0 bridgehead atoms. The maximum absolute atomic E-state index is 12.1. The van der Waals surface area contributed by atoms with Crippen molar-refractivity contribution in [3.63, 3.8) is 0 Å². The average molecular weight is 366 g/mol. The topological polar surface area (TPSA) is 108 Å². The maximum Gasteiger partial charge on any atom is 0.254 e. The van der Waals surface area contributed by atoms with Crippen LogP contribution in [0.1, 0.15) is 54.1 Å². The van der Waals surface area contributed by atoms with E-state index >= 15 is 0 Å². The summed E-state index contributed by atoms with van der Waals surface area (Å²) >= 11 is 0. The summed E-state index contributed by atoms with van der Waals surface area (Å²) in [6, 6.07) is 0. The van der Waals surface area contributed by atoms with Gasteiger partial charge in [0.15, 0.2) is 0 Å². The predicted molar refractivity (Wildman–Crippen MR) is 107 cm³/mol. The fourth-order valence-corrected chi connectivity index (χ4v) is 4.37. The summed E-state index contributed by atoms with van der Waals surface area (Å²) in [5.74, 6) is -0.0540. The number of hydrazone groups is 1. The number of allylic oxidation sites excluding steroid dienone is 1. The first kappa shape index (κ1) is 17.7. The van der Waals surface area contributed by atoms with Crippen LogP contribution in [0, 0.1) is 12.8 Å². The van der Waals surface area contributed by atoms with Gasteiger partial charge in [-0.1, -0.05) is 12.8 Å². The normalized spacial score (nSPS) is 23.8. The van der Waals surface area contributed by atoms with Gasteiger partial charge in [-0.3, -0.25) is 9.79 Å². The smallest absolute Gasteiger partial charge is 0.254 e. The second kappa shape index (κ2) is 7.52. The van der Waals surface area contributed by atoms with E-state index in [9.17, 15) is 4.79 Å². The van der Waals surface area contributed by atoms with Crippen LogP contribution in [0.3, 0.4) is 0 Å². The lowest BCUT2D eigenvalue weighted by molar-refractivity contribution is -0.120. The monoisotopic (exact) mass is 366 g/mol. The van der Waals surface area contributed by atoms with Crippen molar-refractivity contribution < 1.29 is 4.79 Å². The molecular formula is C20H26N6O. The minimum absolute atomic E-state index is 0.153. The third kappa shape index (κ3) is 3.35.